The topological polar surface area (TPSA) is 187 Å². The van der Waals surface area contributed by atoms with Crippen LogP contribution in [0.3, 0.4) is 0 Å². The SMILES string of the molecule is COc1c(Br)cc(CC2NCCc3cc(OC(=O)/C=C/C(=O)Oc4cc5c(cc4NS(=O)(=O)c4ccc(F)cc4)C(Cc4cc(Br)c(OC)c(Br)c4)NCC5)c(NS(=O)(=O)c4ccc(F)cc4)cc32)cc1Br. The molecule has 0 spiro atoms. The smallest absolute Gasteiger partial charge is 0.336 e. The van der Waals surface area contributed by atoms with Crippen LogP contribution in [0, 0.1) is 11.6 Å². The van der Waals surface area contributed by atoms with E-state index in [1.54, 1.807) is 38.5 Å². The van der Waals surface area contributed by atoms with Crippen molar-refractivity contribution in [2.24, 2.45) is 0 Å². The van der Waals surface area contributed by atoms with Gasteiger partial charge in [-0.15, -0.1) is 0 Å². The van der Waals surface area contributed by atoms with Crippen LogP contribution in [0.4, 0.5) is 20.2 Å². The van der Waals surface area contributed by atoms with Crippen LogP contribution in [-0.2, 0) is 55.3 Å². The Morgan fingerprint density at radius 3 is 1.26 bits per heavy atom. The minimum Gasteiger partial charge on any atom is -0.494 e. The summed E-state index contributed by atoms with van der Waals surface area (Å²) in [7, 11) is -5.62. The highest BCUT2D eigenvalue weighted by molar-refractivity contribution is 9.11. The first-order valence-corrected chi connectivity index (χ1v) is 28.0. The zero-order valence-electron chi connectivity index (χ0n) is 38.0. The van der Waals surface area contributed by atoms with Gasteiger partial charge < -0.3 is 29.6 Å². The minimum absolute atomic E-state index is 0.111. The van der Waals surface area contributed by atoms with Gasteiger partial charge in [-0.25, -0.2) is 35.2 Å². The Hall–Kier alpha value is -5.20. The van der Waals surface area contributed by atoms with Crippen LogP contribution in [0.2, 0.25) is 0 Å². The largest absolute Gasteiger partial charge is 0.494 e. The van der Waals surface area contributed by atoms with E-state index in [4.69, 9.17) is 18.9 Å². The number of fused-ring (bicyclic) bond motifs is 2. The summed E-state index contributed by atoms with van der Waals surface area (Å²) in [5.74, 6) is -2.57. The van der Waals surface area contributed by atoms with E-state index >= 15 is 0 Å². The molecule has 22 heteroatoms. The van der Waals surface area contributed by atoms with Gasteiger partial charge in [-0.3, -0.25) is 9.44 Å². The van der Waals surface area contributed by atoms with E-state index in [2.05, 4.69) is 83.8 Å². The number of rotatable bonds is 16. The second kappa shape index (κ2) is 22.5. The molecule has 8 rings (SSSR count). The molecule has 2 heterocycles. The number of esters is 2. The Morgan fingerprint density at radius 1 is 0.583 bits per heavy atom. The molecular formula is C50H42Br4F2N4O10S2. The first kappa shape index (κ1) is 53.1. The normalized spacial score (nSPS) is 15.6. The molecule has 0 amide bonds. The lowest BCUT2D eigenvalue weighted by molar-refractivity contribution is -0.131. The van der Waals surface area contributed by atoms with Crippen molar-refractivity contribution in [3.63, 3.8) is 0 Å². The van der Waals surface area contributed by atoms with Crippen LogP contribution >= 0.6 is 63.7 Å². The Labute approximate surface area is 447 Å². The van der Waals surface area contributed by atoms with E-state index in [1.807, 2.05) is 24.3 Å². The van der Waals surface area contributed by atoms with Gasteiger partial charge in [0.05, 0.1) is 53.3 Å². The number of hydrogen-bond donors (Lipinski definition) is 4. The molecule has 72 heavy (non-hydrogen) atoms. The molecule has 6 aromatic rings. The van der Waals surface area contributed by atoms with Gasteiger partial charge in [0.1, 0.15) is 23.1 Å². The lowest BCUT2D eigenvalue weighted by Gasteiger charge is -2.29. The molecule has 6 aromatic carbocycles. The molecule has 0 aromatic heterocycles. The lowest BCUT2D eigenvalue weighted by Crippen LogP contribution is -2.31. The van der Waals surface area contributed by atoms with Gasteiger partial charge in [0.2, 0.25) is 0 Å². The van der Waals surface area contributed by atoms with E-state index in [1.165, 1.54) is 0 Å². The van der Waals surface area contributed by atoms with Crippen molar-refractivity contribution in [3.05, 3.63) is 172 Å². The third-order valence-corrected chi connectivity index (χ3v) is 16.8. The Morgan fingerprint density at radius 2 is 0.931 bits per heavy atom. The van der Waals surface area contributed by atoms with E-state index < -0.39 is 43.6 Å². The van der Waals surface area contributed by atoms with Crippen molar-refractivity contribution in [2.45, 2.75) is 47.6 Å². The number of halogens is 6. The molecule has 0 fully saturated rings. The van der Waals surface area contributed by atoms with Gasteiger partial charge in [0.15, 0.2) is 11.5 Å². The van der Waals surface area contributed by atoms with Crippen molar-refractivity contribution < 1.29 is 54.2 Å². The summed E-state index contributed by atoms with van der Waals surface area (Å²) >= 11 is 14.2. The molecule has 4 N–H and O–H groups in total. The molecular weight excluding hydrogens is 1240 g/mol. The van der Waals surface area contributed by atoms with Gasteiger partial charge in [-0.2, -0.15) is 0 Å². The van der Waals surface area contributed by atoms with Crippen LogP contribution in [-0.4, -0.2) is 56.1 Å². The van der Waals surface area contributed by atoms with Crippen LogP contribution in [0.5, 0.6) is 23.0 Å². The molecule has 2 aliphatic heterocycles. The minimum atomic E-state index is -4.36. The maximum Gasteiger partial charge on any atom is 0.336 e. The van der Waals surface area contributed by atoms with E-state index in [0.29, 0.717) is 50.3 Å². The van der Waals surface area contributed by atoms with Gasteiger partial charge in [-0.05, 0) is 233 Å². The van der Waals surface area contributed by atoms with Gasteiger partial charge in [0, 0.05) is 24.2 Å². The molecule has 14 nitrogen and oxygen atoms in total. The number of hydrogen-bond acceptors (Lipinski definition) is 12. The Balaban J connectivity index is 1.07. The van der Waals surface area contributed by atoms with E-state index in [9.17, 15) is 35.2 Å². The maximum atomic E-state index is 13.8. The van der Waals surface area contributed by atoms with Crippen LogP contribution in [0.15, 0.2) is 137 Å². The Bertz CT molecular complexity index is 3080. The average Bonchev–Trinajstić information content (AvgIpc) is 3.31. The van der Waals surface area contributed by atoms with Gasteiger partial charge in [-0.1, -0.05) is 0 Å². The zero-order valence-corrected chi connectivity index (χ0v) is 45.9. The van der Waals surface area contributed by atoms with E-state index in [-0.39, 0.29) is 44.7 Å². The number of carbonyl (C=O) groups is 2. The van der Waals surface area contributed by atoms with Gasteiger partial charge >= 0.3 is 11.9 Å². The summed E-state index contributed by atoms with van der Waals surface area (Å²) in [5, 5.41) is 6.96. The number of sulfonamides is 2. The number of nitrogens with one attached hydrogen (secondary N) is 4. The summed E-state index contributed by atoms with van der Waals surface area (Å²) in [6, 6.07) is 21.7. The van der Waals surface area contributed by atoms with Crippen LogP contribution < -0.4 is 39.0 Å². The molecule has 2 aliphatic rings. The summed E-state index contributed by atoms with van der Waals surface area (Å²) in [6.45, 7) is 1.08. The van der Waals surface area contributed by atoms with Crippen molar-refractivity contribution in [3.8, 4) is 23.0 Å². The standard InChI is InChI=1S/C50H42Br4F2N4O10S2/c1-67-49-37(51)17-27(18-38(49)52)21-41-35-25-43(59-71(63,64)33-7-3-31(55)4-8-33)45(23-29(35)13-15-57-41)69-47(61)11-12-48(62)70-46-24-30-14-16-58-42(22-28-19-39(53)50(68-2)40(54)20-28)36(30)26-44(46)60-72(65,66)34-9-5-32(56)6-10-34/h3-12,17-20,23-26,41-42,57-60H,13-16,21-22H2,1-2H3/b12-11+. The summed E-state index contributed by atoms with van der Waals surface area (Å²) in [4.78, 5) is 26.6. The lowest BCUT2D eigenvalue weighted by atomic mass is 9.89. The fourth-order valence-electron chi connectivity index (χ4n) is 8.41. The van der Waals surface area contributed by atoms with Crippen molar-refractivity contribution in [1.29, 1.82) is 0 Å². The maximum absolute atomic E-state index is 13.8. The number of methoxy groups -OCH3 is 2. The highest BCUT2D eigenvalue weighted by Gasteiger charge is 2.29. The molecule has 0 saturated carbocycles. The second-order valence-corrected chi connectivity index (χ2v) is 23.3. The van der Waals surface area contributed by atoms with Crippen molar-refractivity contribution in [1.82, 2.24) is 10.6 Å². The highest BCUT2D eigenvalue weighted by atomic mass is 79.9. The van der Waals surface area contributed by atoms with Gasteiger partial charge in [0.25, 0.3) is 20.0 Å². The Kier molecular flexibility index (Phi) is 16.6. The molecule has 0 aliphatic carbocycles. The number of anilines is 2. The molecule has 376 valence electrons. The van der Waals surface area contributed by atoms with E-state index in [0.717, 1.165) is 112 Å². The summed E-state index contributed by atoms with van der Waals surface area (Å²) < 4.78 is 113. The summed E-state index contributed by atoms with van der Waals surface area (Å²) in [6.07, 6.45) is 3.49. The fourth-order valence-corrected chi connectivity index (χ4v) is 13.7. The molecule has 0 bridgehead atoms. The molecule has 0 radical (unpaired) electrons. The first-order chi connectivity index (χ1) is 34.3. The van der Waals surface area contributed by atoms with Crippen molar-refractivity contribution in [2.75, 3.05) is 36.8 Å². The molecule has 0 saturated heterocycles. The highest BCUT2D eigenvalue weighted by Crippen LogP contribution is 2.41. The average molecular weight is 1280 g/mol. The first-order valence-electron chi connectivity index (χ1n) is 21.8. The number of benzene rings is 6. The molecule has 2 unspecified atom stereocenters. The fraction of sp³-hybridized carbons (Fsp3) is 0.200. The second-order valence-electron chi connectivity index (χ2n) is 16.5. The molecule has 2 atom stereocenters. The predicted octanol–water partition coefficient (Wildman–Crippen LogP) is 10.6. The van der Waals surface area contributed by atoms with Crippen LogP contribution in [0.25, 0.3) is 0 Å². The number of ether oxygens (including phenoxy) is 4. The zero-order chi connectivity index (χ0) is 51.5. The number of carbonyl (C=O) groups excluding carboxylic acids is 2. The quantitative estimate of drug-likeness (QED) is 0.0409. The monoisotopic (exact) mass is 1280 g/mol. The van der Waals surface area contributed by atoms with Crippen LogP contribution in [0.1, 0.15) is 45.5 Å². The van der Waals surface area contributed by atoms with Crippen molar-refractivity contribution >= 4 is 107 Å². The summed E-state index contributed by atoms with van der Waals surface area (Å²) in [5.41, 5.74) is 4.57. The third-order valence-electron chi connectivity index (χ3n) is 11.7. The predicted molar refractivity (Wildman–Crippen MR) is 281 cm³/mol. The third kappa shape index (κ3) is 12.4.